The molecule has 0 saturated carbocycles. The van der Waals surface area contributed by atoms with Crippen LogP contribution in [0.4, 0.5) is 5.95 Å². The number of benzene rings is 1. The first-order valence-electron chi connectivity index (χ1n) is 7.33. The van der Waals surface area contributed by atoms with Gasteiger partial charge in [0.2, 0.25) is 0 Å². The third-order valence-electron chi connectivity index (χ3n) is 3.45. The van der Waals surface area contributed by atoms with Crippen LogP contribution in [0.1, 0.15) is 16.8 Å². The van der Waals surface area contributed by atoms with Gasteiger partial charge in [0.1, 0.15) is 6.33 Å². The van der Waals surface area contributed by atoms with Crippen LogP contribution in [0.3, 0.4) is 0 Å². The summed E-state index contributed by atoms with van der Waals surface area (Å²) in [4.78, 5) is 8.43. The molecule has 0 aliphatic carbocycles. The van der Waals surface area contributed by atoms with E-state index in [9.17, 15) is 8.42 Å². The Morgan fingerprint density at radius 1 is 1.12 bits per heavy atom. The fourth-order valence-electron chi connectivity index (χ4n) is 2.25. The van der Waals surface area contributed by atoms with E-state index in [1.165, 1.54) is 11.0 Å². The van der Waals surface area contributed by atoms with E-state index in [-0.39, 0.29) is 10.8 Å². The Bertz CT molecular complexity index is 952. The topological polar surface area (TPSA) is 89.8 Å². The first-order chi connectivity index (χ1) is 11.4. The van der Waals surface area contributed by atoms with E-state index in [1.54, 1.807) is 25.3 Å². The van der Waals surface area contributed by atoms with E-state index in [0.29, 0.717) is 12.1 Å². The molecule has 0 aliphatic rings. The number of nitrogens with zero attached hydrogens (tertiary/aromatic N) is 4. The molecule has 0 spiro atoms. The number of pyridine rings is 1. The predicted molar refractivity (Wildman–Crippen MR) is 90.1 cm³/mol. The maximum Gasteiger partial charge on any atom is 0.264 e. The molecule has 0 atom stereocenters. The lowest BCUT2D eigenvalue weighted by Gasteiger charge is -2.08. The predicted octanol–water partition coefficient (Wildman–Crippen LogP) is 2.14. The van der Waals surface area contributed by atoms with Crippen LogP contribution in [0.25, 0.3) is 0 Å². The molecule has 0 saturated heterocycles. The van der Waals surface area contributed by atoms with Gasteiger partial charge in [0.05, 0.1) is 17.1 Å². The van der Waals surface area contributed by atoms with Crippen LogP contribution in [0.15, 0.2) is 53.8 Å². The summed E-state index contributed by atoms with van der Waals surface area (Å²) >= 11 is 0. The lowest BCUT2D eigenvalue weighted by Crippen LogP contribution is -2.16. The van der Waals surface area contributed by atoms with Gasteiger partial charge in [-0.1, -0.05) is 18.2 Å². The maximum atomic E-state index is 12.5. The zero-order valence-corrected chi connectivity index (χ0v) is 14.2. The lowest BCUT2D eigenvalue weighted by molar-refractivity contribution is 0.600. The summed E-state index contributed by atoms with van der Waals surface area (Å²) in [7, 11) is -3.73. The second-order valence-electron chi connectivity index (χ2n) is 5.46. The Kier molecular flexibility index (Phi) is 4.30. The number of aryl methyl sites for hydroxylation is 2. The van der Waals surface area contributed by atoms with Crippen molar-refractivity contribution in [2.75, 3.05) is 4.72 Å². The van der Waals surface area contributed by atoms with Gasteiger partial charge in [-0.2, -0.15) is 4.98 Å². The third kappa shape index (κ3) is 3.60. The standard InChI is InChI=1S/C16H17N5O2S/c1-12-6-7-13(2)15(9-12)24(22,23)20-16-18-11-21(19-16)10-14-5-3-4-8-17-14/h3-9,11H,10H2,1-2H3,(H,19,20). The molecule has 124 valence electrons. The number of nitrogens with one attached hydrogen (secondary N) is 1. The molecule has 0 bridgehead atoms. The van der Waals surface area contributed by atoms with Gasteiger partial charge < -0.3 is 0 Å². The number of anilines is 1. The molecule has 0 radical (unpaired) electrons. The van der Waals surface area contributed by atoms with Gasteiger partial charge in [0.15, 0.2) is 0 Å². The van der Waals surface area contributed by atoms with E-state index in [4.69, 9.17) is 0 Å². The summed E-state index contributed by atoms with van der Waals surface area (Å²) < 4.78 is 29.0. The second kappa shape index (κ2) is 6.40. The van der Waals surface area contributed by atoms with Crippen molar-refractivity contribution in [3.05, 3.63) is 65.7 Å². The summed E-state index contributed by atoms with van der Waals surface area (Å²) in [6.07, 6.45) is 3.16. The van der Waals surface area contributed by atoms with E-state index in [2.05, 4.69) is 19.8 Å². The van der Waals surface area contributed by atoms with Crippen LogP contribution in [-0.4, -0.2) is 28.2 Å². The zero-order chi connectivity index (χ0) is 17.2. The van der Waals surface area contributed by atoms with Crippen molar-refractivity contribution in [3.63, 3.8) is 0 Å². The molecule has 7 nitrogen and oxygen atoms in total. The van der Waals surface area contributed by atoms with Gasteiger partial charge in [0.25, 0.3) is 16.0 Å². The van der Waals surface area contributed by atoms with Crippen molar-refractivity contribution in [2.24, 2.45) is 0 Å². The largest absolute Gasteiger partial charge is 0.264 e. The number of aromatic nitrogens is 4. The average Bonchev–Trinajstić information content (AvgIpc) is 2.97. The molecule has 0 aliphatic heterocycles. The van der Waals surface area contributed by atoms with Crippen molar-refractivity contribution < 1.29 is 8.42 Å². The lowest BCUT2D eigenvalue weighted by atomic mass is 10.2. The SMILES string of the molecule is Cc1ccc(C)c(S(=O)(=O)Nc2ncn(Cc3ccccn3)n2)c1. The van der Waals surface area contributed by atoms with E-state index < -0.39 is 10.0 Å². The minimum absolute atomic E-state index is 0.0341. The van der Waals surface area contributed by atoms with E-state index >= 15 is 0 Å². The highest BCUT2D eigenvalue weighted by atomic mass is 32.2. The Morgan fingerprint density at radius 2 is 1.96 bits per heavy atom. The van der Waals surface area contributed by atoms with Crippen LogP contribution >= 0.6 is 0 Å². The Labute approximate surface area is 140 Å². The van der Waals surface area contributed by atoms with Crippen molar-refractivity contribution in [2.45, 2.75) is 25.3 Å². The molecule has 24 heavy (non-hydrogen) atoms. The van der Waals surface area contributed by atoms with Crippen molar-refractivity contribution >= 4 is 16.0 Å². The molecular formula is C16H17N5O2S. The van der Waals surface area contributed by atoms with Gasteiger partial charge in [-0.05, 0) is 43.2 Å². The van der Waals surface area contributed by atoms with Crippen molar-refractivity contribution in [1.29, 1.82) is 0 Å². The van der Waals surface area contributed by atoms with Gasteiger partial charge in [-0.25, -0.2) is 17.8 Å². The molecular weight excluding hydrogens is 326 g/mol. The molecule has 3 rings (SSSR count). The maximum absolute atomic E-state index is 12.5. The number of hydrogen-bond donors (Lipinski definition) is 1. The first kappa shape index (κ1) is 16.1. The van der Waals surface area contributed by atoms with Gasteiger partial charge >= 0.3 is 0 Å². The molecule has 0 amide bonds. The normalized spacial score (nSPS) is 11.4. The molecule has 1 aromatic carbocycles. The first-order valence-corrected chi connectivity index (χ1v) is 8.82. The molecule has 8 heteroatoms. The van der Waals surface area contributed by atoms with Gasteiger partial charge in [-0.3, -0.25) is 4.98 Å². The van der Waals surface area contributed by atoms with E-state index in [0.717, 1.165) is 11.3 Å². The van der Waals surface area contributed by atoms with Crippen LogP contribution < -0.4 is 4.72 Å². The third-order valence-corrected chi connectivity index (χ3v) is 4.92. The smallest absolute Gasteiger partial charge is 0.259 e. The molecule has 3 aromatic rings. The summed E-state index contributed by atoms with van der Waals surface area (Å²) in [5.74, 6) is 0.0341. The monoisotopic (exact) mass is 343 g/mol. The fourth-order valence-corrected chi connectivity index (χ4v) is 3.52. The molecule has 2 heterocycles. The number of rotatable bonds is 5. The fraction of sp³-hybridized carbons (Fsp3) is 0.188. The second-order valence-corrected chi connectivity index (χ2v) is 7.11. The minimum Gasteiger partial charge on any atom is -0.259 e. The van der Waals surface area contributed by atoms with Crippen LogP contribution in [0.2, 0.25) is 0 Å². The molecule has 0 unspecified atom stereocenters. The summed E-state index contributed by atoms with van der Waals surface area (Å²) in [5, 5.41) is 4.14. The molecule has 2 aromatic heterocycles. The average molecular weight is 343 g/mol. The van der Waals surface area contributed by atoms with Gasteiger partial charge in [0, 0.05) is 6.20 Å². The minimum atomic E-state index is -3.73. The van der Waals surface area contributed by atoms with Crippen molar-refractivity contribution in [1.82, 2.24) is 19.7 Å². The highest BCUT2D eigenvalue weighted by molar-refractivity contribution is 7.92. The van der Waals surface area contributed by atoms with E-state index in [1.807, 2.05) is 31.2 Å². The molecule has 1 N–H and O–H groups in total. The summed E-state index contributed by atoms with van der Waals surface area (Å²) in [6, 6.07) is 10.8. The Hall–Kier alpha value is -2.74. The van der Waals surface area contributed by atoms with Crippen LogP contribution in [0.5, 0.6) is 0 Å². The highest BCUT2D eigenvalue weighted by Crippen LogP contribution is 2.19. The highest BCUT2D eigenvalue weighted by Gasteiger charge is 2.19. The van der Waals surface area contributed by atoms with Crippen molar-refractivity contribution in [3.8, 4) is 0 Å². The van der Waals surface area contributed by atoms with Crippen LogP contribution in [0, 0.1) is 13.8 Å². The number of sulfonamides is 1. The molecule has 0 fully saturated rings. The van der Waals surface area contributed by atoms with Gasteiger partial charge in [-0.15, -0.1) is 5.10 Å². The van der Waals surface area contributed by atoms with Crippen LogP contribution in [-0.2, 0) is 16.6 Å². The Morgan fingerprint density at radius 3 is 2.71 bits per heavy atom. The summed E-state index contributed by atoms with van der Waals surface area (Å²) in [6.45, 7) is 4.01. The number of hydrogen-bond acceptors (Lipinski definition) is 5. The summed E-state index contributed by atoms with van der Waals surface area (Å²) in [5.41, 5.74) is 2.35. The zero-order valence-electron chi connectivity index (χ0n) is 13.3. The quantitative estimate of drug-likeness (QED) is 0.766. The Balaban J connectivity index is 1.80.